The minimum atomic E-state index is 0.649. The minimum absolute atomic E-state index is 0.649. The monoisotopic (exact) mass is 749 g/mol. The van der Waals surface area contributed by atoms with E-state index in [1.54, 1.807) is 0 Å². The third-order valence-corrected chi connectivity index (χ3v) is 12.9. The lowest BCUT2D eigenvalue weighted by Crippen LogP contribution is -2.00. The number of hydrogen-bond donors (Lipinski definition) is 0. The summed E-state index contributed by atoms with van der Waals surface area (Å²) in [5.41, 5.74) is 10.1. The molecule has 0 saturated carbocycles. The van der Waals surface area contributed by atoms with E-state index in [2.05, 4.69) is 164 Å². The van der Waals surface area contributed by atoms with Gasteiger partial charge in [0.05, 0.1) is 0 Å². The predicted octanol–water partition coefficient (Wildman–Crippen LogP) is 14.6. The molecule has 0 aliphatic heterocycles. The minimum Gasteiger partial charge on any atom is -0.208 e. The lowest BCUT2D eigenvalue weighted by atomic mass is 9.91. The molecule has 262 valence electrons. The molecule has 3 aromatic heterocycles. The second-order valence-electron chi connectivity index (χ2n) is 13.9. The third-order valence-electron chi connectivity index (χ3n) is 10.6. The summed E-state index contributed by atoms with van der Waals surface area (Å²) in [6, 6.07) is 66.8. The van der Waals surface area contributed by atoms with Gasteiger partial charge in [-0.25, -0.2) is 15.0 Å². The number of thiophene rings is 2. The molecule has 8 aromatic carbocycles. The van der Waals surface area contributed by atoms with Crippen LogP contribution in [0.1, 0.15) is 0 Å². The first kappa shape index (κ1) is 32.6. The third kappa shape index (κ3) is 5.60. The molecule has 0 radical (unpaired) electrons. The van der Waals surface area contributed by atoms with Crippen LogP contribution in [0.3, 0.4) is 0 Å². The maximum atomic E-state index is 5.13. The maximum absolute atomic E-state index is 5.13. The Hall–Kier alpha value is -6.79. The first-order chi connectivity index (χ1) is 27.7. The van der Waals surface area contributed by atoms with Crippen LogP contribution in [0.25, 0.3) is 108 Å². The van der Waals surface area contributed by atoms with Crippen LogP contribution in [0.2, 0.25) is 0 Å². The fourth-order valence-electron chi connectivity index (χ4n) is 7.92. The van der Waals surface area contributed by atoms with Gasteiger partial charge in [-0.15, -0.1) is 22.7 Å². The second kappa shape index (κ2) is 13.5. The van der Waals surface area contributed by atoms with Gasteiger partial charge in [0.15, 0.2) is 17.5 Å². The first-order valence-corrected chi connectivity index (χ1v) is 20.3. The van der Waals surface area contributed by atoms with Crippen LogP contribution in [0, 0.1) is 0 Å². The van der Waals surface area contributed by atoms with E-state index in [-0.39, 0.29) is 0 Å². The molecule has 0 N–H and O–H groups in total. The number of aromatic nitrogens is 3. The molecule has 0 aliphatic rings. The van der Waals surface area contributed by atoms with Crippen LogP contribution in [-0.2, 0) is 0 Å². The van der Waals surface area contributed by atoms with Crippen molar-refractivity contribution in [2.24, 2.45) is 0 Å². The van der Waals surface area contributed by atoms with Crippen molar-refractivity contribution in [1.29, 1.82) is 0 Å². The van der Waals surface area contributed by atoms with Crippen molar-refractivity contribution in [2.45, 2.75) is 0 Å². The molecule has 0 fully saturated rings. The molecule has 3 nitrogen and oxygen atoms in total. The Labute approximate surface area is 331 Å². The molecule has 11 aromatic rings. The van der Waals surface area contributed by atoms with Gasteiger partial charge in [-0.05, 0) is 52.1 Å². The molecule has 0 spiro atoms. The summed E-state index contributed by atoms with van der Waals surface area (Å²) < 4.78 is 5.10. The molecule has 11 rings (SSSR count). The number of fused-ring (bicyclic) bond motifs is 6. The zero-order valence-corrected chi connectivity index (χ0v) is 31.7. The van der Waals surface area contributed by atoms with Crippen molar-refractivity contribution in [2.75, 3.05) is 0 Å². The average Bonchev–Trinajstić information content (AvgIpc) is 3.85. The summed E-state index contributed by atoms with van der Waals surface area (Å²) in [6.45, 7) is 0. The Morgan fingerprint density at radius 1 is 0.286 bits per heavy atom. The van der Waals surface area contributed by atoms with Gasteiger partial charge in [-0.3, -0.25) is 0 Å². The molecule has 0 saturated heterocycles. The molecule has 0 bridgehead atoms. The summed E-state index contributed by atoms with van der Waals surface area (Å²) in [6.07, 6.45) is 0. The smallest absolute Gasteiger partial charge is 0.164 e. The predicted molar refractivity (Wildman–Crippen MR) is 238 cm³/mol. The summed E-state index contributed by atoms with van der Waals surface area (Å²) in [5, 5.41) is 5.12. The highest BCUT2D eigenvalue weighted by Gasteiger charge is 2.19. The van der Waals surface area contributed by atoms with Crippen LogP contribution in [0.15, 0.2) is 188 Å². The topological polar surface area (TPSA) is 38.7 Å². The van der Waals surface area contributed by atoms with E-state index in [4.69, 9.17) is 15.0 Å². The molecule has 5 heteroatoms. The van der Waals surface area contributed by atoms with E-state index in [9.17, 15) is 0 Å². The molecule has 0 aliphatic carbocycles. The lowest BCUT2D eigenvalue weighted by molar-refractivity contribution is 1.07. The van der Waals surface area contributed by atoms with E-state index in [0.29, 0.717) is 17.5 Å². The van der Waals surface area contributed by atoms with Crippen molar-refractivity contribution in [3.05, 3.63) is 188 Å². The molecular weight excluding hydrogens is 719 g/mol. The van der Waals surface area contributed by atoms with Crippen LogP contribution in [-0.4, -0.2) is 15.0 Å². The zero-order valence-electron chi connectivity index (χ0n) is 30.1. The van der Waals surface area contributed by atoms with E-state index >= 15 is 0 Å². The van der Waals surface area contributed by atoms with E-state index < -0.39 is 0 Å². The largest absolute Gasteiger partial charge is 0.208 e. The van der Waals surface area contributed by atoms with Gasteiger partial charge in [-0.2, -0.15) is 0 Å². The number of nitrogens with zero attached hydrogens (tertiary/aromatic N) is 3. The highest BCUT2D eigenvalue weighted by molar-refractivity contribution is 7.26. The first-order valence-electron chi connectivity index (χ1n) is 18.7. The Bertz CT molecular complexity index is 3250. The van der Waals surface area contributed by atoms with Crippen molar-refractivity contribution >= 4 is 63.0 Å². The van der Waals surface area contributed by atoms with Crippen LogP contribution >= 0.6 is 22.7 Å². The van der Waals surface area contributed by atoms with Crippen LogP contribution in [0.5, 0.6) is 0 Å². The van der Waals surface area contributed by atoms with E-state index in [0.717, 1.165) is 27.8 Å². The van der Waals surface area contributed by atoms with Gasteiger partial charge in [0.2, 0.25) is 0 Å². The van der Waals surface area contributed by atoms with Crippen LogP contribution < -0.4 is 0 Å². The molecule has 3 heterocycles. The molecule has 56 heavy (non-hydrogen) atoms. The van der Waals surface area contributed by atoms with Crippen molar-refractivity contribution in [3.8, 4) is 67.5 Å². The van der Waals surface area contributed by atoms with Crippen molar-refractivity contribution in [3.63, 3.8) is 0 Å². The van der Waals surface area contributed by atoms with Gasteiger partial charge < -0.3 is 0 Å². The Balaban J connectivity index is 1.05. The van der Waals surface area contributed by atoms with Crippen molar-refractivity contribution < 1.29 is 0 Å². The van der Waals surface area contributed by atoms with Gasteiger partial charge in [0.1, 0.15) is 0 Å². The van der Waals surface area contributed by atoms with Gasteiger partial charge >= 0.3 is 0 Å². The fourth-order valence-corrected chi connectivity index (χ4v) is 10.3. The zero-order chi connectivity index (χ0) is 37.0. The highest BCUT2D eigenvalue weighted by atomic mass is 32.1. The van der Waals surface area contributed by atoms with E-state index in [1.807, 2.05) is 46.9 Å². The fraction of sp³-hybridized carbons (Fsp3) is 0. The summed E-state index contributed by atoms with van der Waals surface area (Å²) in [5.74, 6) is 1.95. The van der Waals surface area contributed by atoms with Gasteiger partial charge in [-0.1, -0.05) is 164 Å². The van der Waals surface area contributed by atoms with Gasteiger partial charge in [0.25, 0.3) is 0 Å². The second-order valence-corrected chi connectivity index (χ2v) is 16.1. The molecule has 0 atom stereocenters. The lowest BCUT2D eigenvalue weighted by Gasteiger charge is -2.13. The number of rotatable bonds is 6. The SMILES string of the molecule is c1ccc(-c2cccc(-c3nc(-c4ccccc4)nc(-c4ccc5c(c4)sc4c(-c6ccccc6-c6cccc7sc8ccccc8c67)cccc45)n3)c2)cc1. The van der Waals surface area contributed by atoms with Crippen LogP contribution in [0.4, 0.5) is 0 Å². The normalized spacial score (nSPS) is 11.6. The van der Waals surface area contributed by atoms with E-state index in [1.165, 1.54) is 62.6 Å². The summed E-state index contributed by atoms with van der Waals surface area (Å²) in [4.78, 5) is 15.2. The molecular formula is C51H31N3S2. The summed E-state index contributed by atoms with van der Waals surface area (Å²) in [7, 11) is 0. The van der Waals surface area contributed by atoms with Crippen molar-refractivity contribution in [1.82, 2.24) is 15.0 Å². The Morgan fingerprint density at radius 2 is 0.821 bits per heavy atom. The molecule has 0 amide bonds. The number of benzene rings is 8. The van der Waals surface area contributed by atoms with Gasteiger partial charge in [0, 0.05) is 62.6 Å². The standard InChI is InChI=1S/C51H31N3S2/c1-3-14-32(15-4-1)34-18-11-19-35(30-34)50-52-49(33-16-5-2-6-17-33)53-51(54-50)36-28-29-39-42-25-12-24-41(48(42)56-46(39)31-36)38-21-8-7-20-37(38)40-23-13-27-45-47(40)43-22-9-10-26-44(43)55-45/h1-31H. The maximum Gasteiger partial charge on any atom is 0.164 e. The quantitative estimate of drug-likeness (QED) is 0.170. The Kier molecular flexibility index (Phi) is 7.87. The average molecular weight is 750 g/mol. The highest BCUT2D eigenvalue weighted by Crippen LogP contribution is 2.46. The summed E-state index contributed by atoms with van der Waals surface area (Å²) >= 11 is 3.70. The number of hydrogen-bond acceptors (Lipinski definition) is 5. The molecule has 0 unspecified atom stereocenters. The Morgan fingerprint density at radius 3 is 1.62 bits per heavy atom.